The van der Waals surface area contributed by atoms with Crippen molar-refractivity contribution in [3.8, 4) is 0 Å². The van der Waals surface area contributed by atoms with Crippen molar-refractivity contribution in [3.05, 3.63) is 0 Å². The van der Waals surface area contributed by atoms with Gasteiger partial charge in [-0.1, -0.05) is 20.3 Å². The van der Waals surface area contributed by atoms with E-state index in [1.54, 1.807) is 0 Å². The third-order valence-electron chi connectivity index (χ3n) is 2.91. The summed E-state index contributed by atoms with van der Waals surface area (Å²) in [4.78, 5) is 0. The van der Waals surface area contributed by atoms with Crippen LogP contribution in [-0.2, 0) is 5.11 Å². The third-order valence-corrected chi connectivity index (χ3v) is 2.91. The second-order valence-corrected chi connectivity index (χ2v) is 4.73. The van der Waals surface area contributed by atoms with Crippen molar-refractivity contribution in [3.63, 3.8) is 0 Å². The average molecular weight is 155 g/mol. The number of rotatable bonds is 1. The summed E-state index contributed by atoms with van der Waals surface area (Å²) in [5, 5.41) is 11.2. The minimum absolute atomic E-state index is 0.352. The van der Waals surface area contributed by atoms with Gasteiger partial charge in [-0.25, -0.2) is 5.11 Å². The van der Waals surface area contributed by atoms with Crippen molar-refractivity contribution in [2.75, 3.05) is 0 Å². The van der Waals surface area contributed by atoms with Crippen LogP contribution in [0.3, 0.4) is 0 Å². The Morgan fingerprint density at radius 2 is 2.09 bits per heavy atom. The van der Waals surface area contributed by atoms with E-state index in [-0.39, 0.29) is 6.10 Å². The zero-order chi connectivity index (χ0) is 8.48. The molecule has 1 fully saturated rings. The zero-order valence-electron chi connectivity index (χ0n) is 7.89. The maximum Gasteiger partial charge on any atom is 0.0930 e. The van der Waals surface area contributed by atoms with Crippen LogP contribution in [0.25, 0.3) is 0 Å². The summed E-state index contributed by atoms with van der Waals surface area (Å²) in [6.45, 7) is 6.37. The molecule has 1 heteroatoms. The molecule has 1 nitrogen and oxygen atoms in total. The summed E-state index contributed by atoms with van der Waals surface area (Å²) in [6, 6.07) is 0. The lowest BCUT2D eigenvalue weighted by Gasteiger charge is -2.35. The van der Waals surface area contributed by atoms with Gasteiger partial charge in [-0.15, -0.1) is 0 Å². The summed E-state index contributed by atoms with van der Waals surface area (Å²) in [5.74, 6) is 0.443. The quantitative estimate of drug-likeness (QED) is 0.554. The number of hydrogen-bond donors (Lipinski definition) is 0. The molecule has 1 aliphatic rings. The van der Waals surface area contributed by atoms with Gasteiger partial charge in [0.25, 0.3) is 0 Å². The summed E-state index contributed by atoms with van der Waals surface area (Å²) < 4.78 is 0. The van der Waals surface area contributed by atoms with E-state index in [0.717, 1.165) is 12.8 Å². The van der Waals surface area contributed by atoms with Crippen LogP contribution in [0.15, 0.2) is 0 Å². The molecule has 11 heavy (non-hydrogen) atoms. The van der Waals surface area contributed by atoms with Crippen LogP contribution in [0, 0.1) is 11.3 Å². The van der Waals surface area contributed by atoms with Gasteiger partial charge in [-0.3, -0.25) is 0 Å². The van der Waals surface area contributed by atoms with E-state index in [1.165, 1.54) is 12.8 Å². The highest BCUT2D eigenvalue weighted by molar-refractivity contribution is 4.81. The molecular formula is C10H19O. The van der Waals surface area contributed by atoms with Gasteiger partial charge in [0.1, 0.15) is 0 Å². The molecule has 0 aliphatic heterocycles. The smallest absolute Gasteiger partial charge is 0.0930 e. The molecule has 0 N–H and O–H groups in total. The van der Waals surface area contributed by atoms with Gasteiger partial charge in [-0.2, -0.15) is 0 Å². The lowest BCUT2D eigenvalue weighted by molar-refractivity contribution is 0.0105. The second kappa shape index (κ2) is 3.14. The van der Waals surface area contributed by atoms with Crippen LogP contribution in [-0.4, -0.2) is 6.10 Å². The molecule has 0 aromatic heterocycles. The van der Waals surface area contributed by atoms with E-state index in [9.17, 15) is 5.11 Å². The van der Waals surface area contributed by atoms with Crippen molar-refractivity contribution in [1.82, 2.24) is 0 Å². The van der Waals surface area contributed by atoms with Crippen LogP contribution in [0.2, 0.25) is 0 Å². The molecule has 1 rings (SSSR count). The Kier molecular flexibility index (Phi) is 2.58. The zero-order valence-corrected chi connectivity index (χ0v) is 7.89. The molecule has 0 heterocycles. The van der Waals surface area contributed by atoms with Crippen molar-refractivity contribution < 1.29 is 5.11 Å². The molecule has 0 aromatic rings. The van der Waals surface area contributed by atoms with Gasteiger partial charge >= 0.3 is 0 Å². The van der Waals surface area contributed by atoms with Gasteiger partial charge in [0.05, 0.1) is 6.10 Å². The molecule has 0 bridgehead atoms. The maximum atomic E-state index is 11.2. The Hall–Kier alpha value is -0.0400. The first-order valence-electron chi connectivity index (χ1n) is 4.67. The maximum absolute atomic E-state index is 11.2. The van der Waals surface area contributed by atoms with E-state index < -0.39 is 0 Å². The molecule has 0 amide bonds. The fraction of sp³-hybridized carbons (Fsp3) is 1.00. The topological polar surface area (TPSA) is 19.9 Å². The van der Waals surface area contributed by atoms with E-state index in [4.69, 9.17) is 0 Å². The van der Waals surface area contributed by atoms with Crippen LogP contribution in [0.5, 0.6) is 0 Å². The SMILES string of the molecule is CC([O])C1CCCC(C)(C)C1. The third kappa shape index (κ3) is 2.48. The molecule has 0 saturated heterocycles. The van der Waals surface area contributed by atoms with Crippen molar-refractivity contribution in [1.29, 1.82) is 0 Å². The molecule has 1 radical (unpaired) electrons. The molecule has 1 aliphatic carbocycles. The molecule has 0 aromatic carbocycles. The first-order valence-corrected chi connectivity index (χ1v) is 4.67. The Morgan fingerprint density at radius 1 is 1.45 bits per heavy atom. The van der Waals surface area contributed by atoms with Gasteiger partial charge < -0.3 is 0 Å². The molecule has 1 saturated carbocycles. The molecular weight excluding hydrogens is 136 g/mol. The highest BCUT2D eigenvalue weighted by Crippen LogP contribution is 2.39. The summed E-state index contributed by atoms with van der Waals surface area (Å²) in [6.07, 6.45) is 4.50. The van der Waals surface area contributed by atoms with Crippen molar-refractivity contribution in [2.45, 2.75) is 52.6 Å². The van der Waals surface area contributed by atoms with E-state index in [0.29, 0.717) is 11.3 Å². The van der Waals surface area contributed by atoms with Crippen LogP contribution in [0.4, 0.5) is 0 Å². The molecule has 2 unspecified atom stereocenters. The van der Waals surface area contributed by atoms with E-state index in [1.807, 2.05) is 6.92 Å². The predicted molar refractivity (Wildman–Crippen MR) is 45.9 cm³/mol. The Labute approximate surface area is 69.8 Å². The summed E-state index contributed by atoms with van der Waals surface area (Å²) in [5.41, 5.74) is 0.432. The largest absolute Gasteiger partial charge is 0.233 e. The second-order valence-electron chi connectivity index (χ2n) is 4.73. The minimum atomic E-state index is -0.352. The lowest BCUT2D eigenvalue weighted by Crippen LogP contribution is -2.28. The van der Waals surface area contributed by atoms with E-state index >= 15 is 0 Å². The fourth-order valence-corrected chi connectivity index (χ4v) is 2.16. The van der Waals surface area contributed by atoms with Crippen LogP contribution < -0.4 is 0 Å². The average Bonchev–Trinajstić information content (AvgIpc) is 1.85. The standard InChI is InChI=1S/C10H19O/c1-8(11)9-5-4-6-10(2,3)7-9/h8-9H,4-7H2,1-3H3. The monoisotopic (exact) mass is 155 g/mol. The normalized spacial score (nSPS) is 33.3. The van der Waals surface area contributed by atoms with Gasteiger partial charge in [-0.05, 0) is 37.5 Å². The van der Waals surface area contributed by atoms with E-state index in [2.05, 4.69) is 13.8 Å². The first-order chi connectivity index (χ1) is 5.01. The number of hydrogen-bond acceptors (Lipinski definition) is 0. The van der Waals surface area contributed by atoms with Crippen LogP contribution in [0.1, 0.15) is 46.5 Å². The lowest BCUT2D eigenvalue weighted by atomic mass is 9.71. The predicted octanol–water partition coefficient (Wildman–Crippen LogP) is 3.02. The Morgan fingerprint density at radius 3 is 2.45 bits per heavy atom. The Bertz CT molecular complexity index is 127. The minimum Gasteiger partial charge on any atom is -0.233 e. The van der Waals surface area contributed by atoms with Crippen LogP contribution >= 0.6 is 0 Å². The summed E-state index contributed by atoms with van der Waals surface area (Å²) in [7, 11) is 0. The van der Waals surface area contributed by atoms with Crippen molar-refractivity contribution in [2.24, 2.45) is 11.3 Å². The molecule has 2 atom stereocenters. The van der Waals surface area contributed by atoms with Crippen molar-refractivity contribution >= 4 is 0 Å². The van der Waals surface area contributed by atoms with Gasteiger partial charge in [0.2, 0.25) is 0 Å². The first kappa shape index (κ1) is 9.05. The highest BCUT2D eigenvalue weighted by Gasteiger charge is 2.30. The Balaban J connectivity index is 2.46. The van der Waals surface area contributed by atoms with Gasteiger partial charge in [0, 0.05) is 0 Å². The summed E-state index contributed by atoms with van der Waals surface area (Å²) >= 11 is 0. The molecule has 65 valence electrons. The highest BCUT2D eigenvalue weighted by atomic mass is 16.3. The van der Waals surface area contributed by atoms with Gasteiger partial charge in [0.15, 0.2) is 0 Å². The molecule has 0 spiro atoms. The fourth-order valence-electron chi connectivity index (χ4n) is 2.16.